The van der Waals surface area contributed by atoms with Gasteiger partial charge in [-0.2, -0.15) is 0 Å². The molecule has 2 aromatic carbocycles. The molecule has 0 N–H and O–H groups in total. The molecule has 0 saturated carbocycles. The highest BCUT2D eigenvalue weighted by atomic mass is 35.5. The van der Waals surface area contributed by atoms with E-state index in [0.717, 1.165) is 28.2 Å². The number of hydrogen-bond donors (Lipinski definition) is 0. The van der Waals surface area contributed by atoms with Crippen LogP contribution in [0.3, 0.4) is 0 Å². The van der Waals surface area contributed by atoms with Crippen LogP contribution in [-0.4, -0.2) is 41.0 Å². The summed E-state index contributed by atoms with van der Waals surface area (Å²) in [6, 6.07) is 14.3. The minimum atomic E-state index is -0.239. The van der Waals surface area contributed by atoms with Gasteiger partial charge in [0, 0.05) is 53.1 Å². The zero-order valence-electron chi connectivity index (χ0n) is 18.8. The average molecular weight is 483 g/mol. The van der Waals surface area contributed by atoms with Gasteiger partial charge in [-0.05, 0) is 67.8 Å². The first kappa shape index (κ1) is 23.5. The predicted molar refractivity (Wildman–Crippen MR) is 133 cm³/mol. The standard InChI is InChI=1S/C26H27ClN2O3S/c1-3-32-26(31)20-5-4-13-29(17-20)25(30)11-7-18-6-10-24(22(27)15-18)33-21-8-9-23-19(16-21)12-14-28(23)2/h6-12,14-16,20H,3-5,13,17H2,1-2H3. The molecule has 1 unspecified atom stereocenters. The van der Waals surface area contributed by atoms with Crippen molar-refractivity contribution in [1.29, 1.82) is 0 Å². The first-order valence-corrected chi connectivity index (χ1v) is 12.3. The molecule has 0 aliphatic carbocycles. The van der Waals surface area contributed by atoms with E-state index in [0.29, 0.717) is 24.7 Å². The van der Waals surface area contributed by atoms with Crippen molar-refractivity contribution in [2.45, 2.75) is 29.6 Å². The maximum Gasteiger partial charge on any atom is 0.310 e. The summed E-state index contributed by atoms with van der Waals surface area (Å²) < 4.78 is 7.21. The fraction of sp³-hybridized carbons (Fsp3) is 0.308. The number of amides is 1. The van der Waals surface area contributed by atoms with Crippen LogP contribution in [0, 0.1) is 5.92 Å². The monoisotopic (exact) mass is 482 g/mol. The summed E-state index contributed by atoms with van der Waals surface area (Å²) in [7, 11) is 2.03. The molecule has 1 aromatic heterocycles. The van der Waals surface area contributed by atoms with Crippen LogP contribution in [0.2, 0.25) is 5.02 Å². The largest absolute Gasteiger partial charge is 0.466 e. The van der Waals surface area contributed by atoms with Crippen LogP contribution in [-0.2, 0) is 21.4 Å². The van der Waals surface area contributed by atoms with E-state index in [2.05, 4.69) is 35.0 Å². The predicted octanol–water partition coefficient (Wildman–Crippen LogP) is 5.80. The van der Waals surface area contributed by atoms with Crippen molar-refractivity contribution < 1.29 is 14.3 Å². The molecule has 1 atom stereocenters. The zero-order chi connectivity index (χ0) is 23.4. The lowest BCUT2D eigenvalue weighted by atomic mass is 9.98. The Morgan fingerprint density at radius 1 is 1.21 bits per heavy atom. The minimum absolute atomic E-state index is 0.102. The lowest BCUT2D eigenvalue weighted by molar-refractivity contribution is -0.150. The third kappa shape index (κ3) is 5.63. The number of carbonyl (C=O) groups excluding carboxylic acids is 2. The van der Waals surface area contributed by atoms with Gasteiger partial charge in [-0.25, -0.2) is 0 Å². The molecule has 1 aliphatic rings. The van der Waals surface area contributed by atoms with Crippen molar-refractivity contribution in [1.82, 2.24) is 9.47 Å². The van der Waals surface area contributed by atoms with Gasteiger partial charge in [-0.3, -0.25) is 9.59 Å². The Hall–Kier alpha value is -2.70. The average Bonchev–Trinajstić information content (AvgIpc) is 3.19. The molecule has 1 saturated heterocycles. The second kappa shape index (κ2) is 10.5. The maximum atomic E-state index is 12.6. The molecule has 0 spiro atoms. The fourth-order valence-electron chi connectivity index (χ4n) is 4.06. The SMILES string of the molecule is CCOC(=O)C1CCCN(C(=O)C=Cc2ccc(Sc3ccc4c(ccn4C)c3)c(Cl)c2)C1. The van der Waals surface area contributed by atoms with Gasteiger partial charge in [0.05, 0.1) is 17.5 Å². The Labute approximate surface area is 203 Å². The van der Waals surface area contributed by atoms with Gasteiger partial charge >= 0.3 is 5.97 Å². The second-order valence-electron chi connectivity index (χ2n) is 8.15. The normalized spacial score (nSPS) is 16.5. The number of piperidine rings is 1. The van der Waals surface area contributed by atoms with E-state index in [-0.39, 0.29) is 17.8 Å². The summed E-state index contributed by atoms with van der Waals surface area (Å²) in [5.74, 6) is -0.558. The topological polar surface area (TPSA) is 51.5 Å². The number of aromatic nitrogens is 1. The molecule has 0 radical (unpaired) electrons. The van der Waals surface area contributed by atoms with Crippen molar-refractivity contribution in [2.75, 3.05) is 19.7 Å². The second-order valence-corrected chi connectivity index (χ2v) is 9.67. The molecule has 4 rings (SSSR count). The van der Waals surface area contributed by atoms with Gasteiger partial charge in [0.25, 0.3) is 0 Å². The first-order valence-electron chi connectivity index (χ1n) is 11.1. The molecule has 1 fully saturated rings. The first-order chi connectivity index (χ1) is 15.9. The number of ether oxygens (including phenoxy) is 1. The van der Waals surface area contributed by atoms with Gasteiger partial charge < -0.3 is 14.2 Å². The Morgan fingerprint density at radius 2 is 2.06 bits per heavy atom. The van der Waals surface area contributed by atoms with E-state index in [1.165, 1.54) is 10.9 Å². The third-order valence-corrected chi connectivity index (χ3v) is 7.30. The van der Waals surface area contributed by atoms with Gasteiger partial charge in [-0.15, -0.1) is 0 Å². The molecule has 1 aliphatic heterocycles. The van der Waals surface area contributed by atoms with Crippen LogP contribution in [0.15, 0.2) is 64.5 Å². The highest BCUT2D eigenvalue weighted by molar-refractivity contribution is 7.99. The van der Waals surface area contributed by atoms with E-state index < -0.39 is 0 Å². The van der Waals surface area contributed by atoms with E-state index in [1.807, 2.05) is 25.2 Å². The smallest absolute Gasteiger partial charge is 0.310 e. The van der Waals surface area contributed by atoms with E-state index in [4.69, 9.17) is 16.3 Å². The van der Waals surface area contributed by atoms with Crippen LogP contribution in [0.1, 0.15) is 25.3 Å². The van der Waals surface area contributed by atoms with Crippen LogP contribution >= 0.6 is 23.4 Å². The minimum Gasteiger partial charge on any atom is -0.466 e. The molecule has 1 amide bonds. The van der Waals surface area contributed by atoms with Crippen LogP contribution in [0.25, 0.3) is 17.0 Å². The highest BCUT2D eigenvalue weighted by Crippen LogP contribution is 2.35. The molecule has 2 heterocycles. The van der Waals surface area contributed by atoms with Crippen LogP contribution < -0.4 is 0 Å². The van der Waals surface area contributed by atoms with Crippen molar-refractivity contribution in [3.8, 4) is 0 Å². The van der Waals surface area contributed by atoms with Gasteiger partial charge in [0.1, 0.15) is 0 Å². The van der Waals surface area contributed by atoms with Crippen LogP contribution in [0.5, 0.6) is 0 Å². The number of carbonyl (C=O) groups is 2. The summed E-state index contributed by atoms with van der Waals surface area (Å²) in [6.07, 6.45) is 6.94. The number of aryl methyl sites for hydroxylation is 1. The lowest BCUT2D eigenvalue weighted by Crippen LogP contribution is -2.42. The number of nitrogens with zero attached hydrogens (tertiary/aromatic N) is 2. The maximum absolute atomic E-state index is 12.6. The van der Waals surface area contributed by atoms with E-state index in [9.17, 15) is 9.59 Å². The molecule has 5 nitrogen and oxygen atoms in total. The number of esters is 1. The van der Waals surface area contributed by atoms with Gasteiger partial charge in [-0.1, -0.05) is 29.4 Å². The van der Waals surface area contributed by atoms with Crippen molar-refractivity contribution in [3.05, 3.63) is 65.3 Å². The van der Waals surface area contributed by atoms with Crippen LogP contribution in [0.4, 0.5) is 0 Å². The summed E-state index contributed by atoms with van der Waals surface area (Å²) in [5, 5.41) is 1.84. The molecular weight excluding hydrogens is 456 g/mol. The Kier molecular flexibility index (Phi) is 7.46. The fourth-order valence-corrected chi connectivity index (χ4v) is 5.23. The summed E-state index contributed by atoms with van der Waals surface area (Å²) in [4.78, 5) is 28.5. The van der Waals surface area contributed by atoms with Crippen molar-refractivity contribution in [3.63, 3.8) is 0 Å². The highest BCUT2D eigenvalue weighted by Gasteiger charge is 2.28. The number of rotatable bonds is 6. The molecule has 3 aromatic rings. The number of benzene rings is 2. The Balaban J connectivity index is 1.40. The molecule has 0 bridgehead atoms. The summed E-state index contributed by atoms with van der Waals surface area (Å²) in [6.45, 7) is 3.22. The molecule has 172 valence electrons. The number of likely N-dealkylation sites (tertiary alicyclic amines) is 1. The molecule has 33 heavy (non-hydrogen) atoms. The Morgan fingerprint density at radius 3 is 2.85 bits per heavy atom. The van der Waals surface area contributed by atoms with Gasteiger partial charge in [0.15, 0.2) is 0 Å². The molecule has 7 heteroatoms. The van der Waals surface area contributed by atoms with Crippen molar-refractivity contribution >= 4 is 52.2 Å². The molecular formula is C26H27ClN2O3S. The summed E-state index contributed by atoms with van der Waals surface area (Å²) >= 11 is 8.16. The van der Waals surface area contributed by atoms with E-state index >= 15 is 0 Å². The number of halogens is 1. The summed E-state index contributed by atoms with van der Waals surface area (Å²) in [5.41, 5.74) is 2.05. The quantitative estimate of drug-likeness (QED) is 0.329. The van der Waals surface area contributed by atoms with Crippen molar-refractivity contribution in [2.24, 2.45) is 13.0 Å². The lowest BCUT2D eigenvalue weighted by Gasteiger charge is -2.30. The zero-order valence-corrected chi connectivity index (χ0v) is 20.4. The van der Waals surface area contributed by atoms with Gasteiger partial charge in [0.2, 0.25) is 5.91 Å². The van der Waals surface area contributed by atoms with E-state index in [1.54, 1.807) is 35.7 Å². The number of fused-ring (bicyclic) bond motifs is 1. The Bertz CT molecular complexity index is 1200. The third-order valence-electron chi connectivity index (χ3n) is 5.81. The number of hydrogen-bond acceptors (Lipinski definition) is 4.